The summed E-state index contributed by atoms with van der Waals surface area (Å²) in [5.74, 6) is 0.975. The van der Waals surface area contributed by atoms with Crippen molar-refractivity contribution >= 4 is 17.4 Å². The van der Waals surface area contributed by atoms with Crippen LogP contribution >= 0.6 is 11.6 Å². The molecule has 1 aliphatic rings. The first-order valence-electron chi connectivity index (χ1n) is 5.80. The summed E-state index contributed by atoms with van der Waals surface area (Å²) in [4.78, 5) is 6.63. The number of aliphatic hydroxyl groups is 1. The fourth-order valence-electron chi connectivity index (χ4n) is 2.29. The predicted octanol–water partition coefficient (Wildman–Crippen LogP) is 2.48. The van der Waals surface area contributed by atoms with Gasteiger partial charge in [0.05, 0.1) is 5.02 Å². The molecule has 1 N–H and O–H groups in total. The number of nitrogens with zero attached hydrogens (tertiary/aromatic N) is 2. The molecule has 0 aliphatic carbocycles. The Labute approximate surface area is 101 Å². The zero-order chi connectivity index (χ0) is 11.4. The van der Waals surface area contributed by atoms with Crippen LogP contribution in [0.3, 0.4) is 0 Å². The van der Waals surface area contributed by atoms with E-state index < -0.39 is 0 Å². The summed E-state index contributed by atoms with van der Waals surface area (Å²) in [6.45, 7) is 1.27. The van der Waals surface area contributed by atoms with Gasteiger partial charge in [-0.05, 0) is 37.8 Å². The second-order valence-electron chi connectivity index (χ2n) is 4.19. The minimum Gasteiger partial charge on any atom is -0.396 e. The SMILES string of the molecule is OCCC1CCCCN1c1ccc(Cl)cn1. The Morgan fingerprint density at radius 1 is 1.44 bits per heavy atom. The molecule has 16 heavy (non-hydrogen) atoms. The normalized spacial score (nSPS) is 21.1. The minimum atomic E-state index is 0.245. The quantitative estimate of drug-likeness (QED) is 0.882. The Kier molecular flexibility index (Phi) is 4.02. The van der Waals surface area contributed by atoms with Crippen LogP contribution < -0.4 is 4.90 Å². The summed E-state index contributed by atoms with van der Waals surface area (Å²) in [6.07, 6.45) is 6.09. The maximum Gasteiger partial charge on any atom is 0.128 e. The molecule has 0 spiro atoms. The summed E-state index contributed by atoms with van der Waals surface area (Å²) < 4.78 is 0. The Hall–Kier alpha value is -0.800. The summed E-state index contributed by atoms with van der Waals surface area (Å²) in [5, 5.41) is 9.73. The molecule has 3 nitrogen and oxygen atoms in total. The minimum absolute atomic E-state index is 0.245. The van der Waals surface area contributed by atoms with E-state index in [0.717, 1.165) is 25.2 Å². The molecular formula is C12H17ClN2O. The molecule has 1 unspecified atom stereocenters. The monoisotopic (exact) mass is 240 g/mol. The summed E-state index contributed by atoms with van der Waals surface area (Å²) in [5.41, 5.74) is 0. The van der Waals surface area contributed by atoms with Gasteiger partial charge in [0, 0.05) is 25.4 Å². The standard InChI is InChI=1S/C12H17ClN2O/c13-10-4-5-12(14-9-10)15-7-2-1-3-11(15)6-8-16/h4-5,9,11,16H,1-3,6-8H2. The molecule has 0 bridgehead atoms. The first-order chi connectivity index (χ1) is 7.81. The lowest BCUT2D eigenvalue weighted by atomic mass is 10.00. The molecule has 1 atom stereocenters. The first kappa shape index (κ1) is 11.7. The van der Waals surface area contributed by atoms with Crippen molar-refractivity contribution in [1.82, 2.24) is 4.98 Å². The topological polar surface area (TPSA) is 36.4 Å². The van der Waals surface area contributed by atoms with Gasteiger partial charge in [0.25, 0.3) is 0 Å². The second-order valence-corrected chi connectivity index (χ2v) is 4.63. The lowest BCUT2D eigenvalue weighted by molar-refractivity contribution is 0.262. The Balaban J connectivity index is 2.13. The van der Waals surface area contributed by atoms with Gasteiger partial charge in [-0.3, -0.25) is 0 Å². The molecule has 1 saturated heterocycles. The number of anilines is 1. The zero-order valence-corrected chi connectivity index (χ0v) is 10.0. The third-order valence-electron chi connectivity index (χ3n) is 3.10. The van der Waals surface area contributed by atoms with Gasteiger partial charge in [-0.2, -0.15) is 0 Å². The van der Waals surface area contributed by atoms with Gasteiger partial charge < -0.3 is 10.0 Å². The van der Waals surface area contributed by atoms with Crippen molar-refractivity contribution in [3.63, 3.8) is 0 Å². The summed E-state index contributed by atoms with van der Waals surface area (Å²) in [7, 11) is 0. The van der Waals surface area contributed by atoms with E-state index in [1.807, 2.05) is 12.1 Å². The summed E-state index contributed by atoms with van der Waals surface area (Å²) in [6, 6.07) is 4.25. The van der Waals surface area contributed by atoms with Crippen LogP contribution in [0.1, 0.15) is 25.7 Å². The van der Waals surface area contributed by atoms with E-state index in [-0.39, 0.29) is 6.61 Å². The van der Waals surface area contributed by atoms with E-state index in [4.69, 9.17) is 16.7 Å². The highest BCUT2D eigenvalue weighted by Crippen LogP contribution is 2.25. The van der Waals surface area contributed by atoms with Crippen LogP contribution in [0, 0.1) is 0 Å². The van der Waals surface area contributed by atoms with Gasteiger partial charge in [0.1, 0.15) is 5.82 Å². The summed E-state index contributed by atoms with van der Waals surface area (Å²) >= 11 is 5.83. The molecule has 1 aromatic rings. The second kappa shape index (κ2) is 5.51. The highest BCUT2D eigenvalue weighted by atomic mass is 35.5. The lowest BCUT2D eigenvalue weighted by Gasteiger charge is -2.36. The molecular weight excluding hydrogens is 224 g/mol. The van der Waals surface area contributed by atoms with Crippen LogP contribution in [0.25, 0.3) is 0 Å². The highest BCUT2D eigenvalue weighted by Gasteiger charge is 2.22. The number of rotatable bonds is 3. The van der Waals surface area contributed by atoms with Crippen molar-refractivity contribution in [2.45, 2.75) is 31.7 Å². The largest absolute Gasteiger partial charge is 0.396 e. The smallest absolute Gasteiger partial charge is 0.128 e. The molecule has 4 heteroatoms. The number of pyridine rings is 1. The first-order valence-corrected chi connectivity index (χ1v) is 6.18. The van der Waals surface area contributed by atoms with Gasteiger partial charge in [-0.25, -0.2) is 4.98 Å². The Morgan fingerprint density at radius 3 is 3.00 bits per heavy atom. The van der Waals surface area contributed by atoms with Crippen molar-refractivity contribution in [3.05, 3.63) is 23.4 Å². The van der Waals surface area contributed by atoms with Crippen LogP contribution in [0.15, 0.2) is 18.3 Å². The fourth-order valence-corrected chi connectivity index (χ4v) is 2.40. The van der Waals surface area contributed by atoms with Crippen LogP contribution in [0.2, 0.25) is 5.02 Å². The maximum atomic E-state index is 9.06. The number of piperidine rings is 1. The lowest BCUT2D eigenvalue weighted by Crippen LogP contribution is -2.40. The number of hydrogen-bond donors (Lipinski definition) is 1. The third-order valence-corrected chi connectivity index (χ3v) is 3.32. The average Bonchev–Trinajstić information content (AvgIpc) is 2.32. The van der Waals surface area contributed by atoms with Crippen molar-refractivity contribution in [2.75, 3.05) is 18.1 Å². The van der Waals surface area contributed by atoms with Crippen molar-refractivity contribution in [3.8, 4) is 0 Å². The van der Waals surface area contributed by atoms with E-state index in [0.29, 0.717) is 11.1 Å². The fraction of sp³-hybridized carbons (Fsp3) is 0.583. The molecule has 1 aromatic heterocycles. The third kappa shape index (κ3) is 2.66. The van der Waals surface area contributed by atoms with Crippen LogP contribution in [-0.4, -0.2) is 29.3 Å². The van der Waals surface area contributed by atoms with Gasteiger partial charge in [-0.15, -0.1) is 0 Å². The van der Waals surface area contributed by atoms with Crippen LogP contribution in [-0.2, 0) is 0 Å². The van der Waals surface area contributed by atoms with E-state index in [2.05, 4.69) is 9.88 Å². The van der Waals surface area contributed by atoms with Crippen LogP contribution in [0.5, 0.6) is 0 Å². The van der Waals surface area contributed by atoms with Gasteiger partial charge in [0.2, 0.25) is 0 Å². The highest BCUT2D eigenvalue weighted by molar-refractivity contribution is 6.30. The van der Waals surface area contributed by atoms with E-state index in [9.17, 15) is 0 Å². The number of hydrogen-bond acceptors (Lipinski definition) is 3. The molecule has 0 saturated carbocycles. The van der Waals surface area contributed by atoms with Crippen molar-refractivity contribution < 1.29 is 5.11 Å². The number of halogens is 1. The van der Waals surface area contributed by atoms with E-state index >= 15 is 0 Å². The molecule has 88 valence electrons. The average molecular weight is 241 g/mol. The number of aliphatic hydroxyl groups excluding tert-OH is 1. The predicted molar refractivity (Wildman–Crippen MR) is 65.9 cm³/mol. The van der Waals surface area contributed by atoms with Crippen molar-refractivity contribution in [2.24, 2.45) is 0 Å². The van der Waals surface area contributed by atoms with E-state index in [1.54, 1.807) is 6.20 Å². The maximum absolute atomic E-state index is 9.06. The molecule has 0 radical (unpaired) electrons. The van der Waals surface area contributed by atoms with E-state index in [1.165, 1.54) is 12.8 Å². The van der Waals surface area contributed by atoms with Gasteiger partial charge in [0.15, 0.2) is 0 Å². The number of aromatic nitrogens is 1. The molecule has 2 rings (SSSR count). The van der Waals surface area contributed by atoms with Gasteiger partial charge in [-0.1, -0.05) is 11.6 Å². The molecule has 1 fully saturated rings. The Morgan fingerprint density at radius 2 is 2.31 bits per heavy atom. The molecule has 1 aliphatic heterocycles. The van der Waals surface area contributed by atoms with Crippen molar-refractivity contribution in [1.29, 1.82) is 0 Å². The van der Waals surface area contributed by atoms with Gasteiger partial charge >= 0.3 is 0 Å². The molecule has 0 aromatic carbocycles. The molecule has 0 amide bonds. The molecule has 2 heterocycles. The van der Waals surface area contributed by atoms with Crippen LogP contribution in [0.4, 0.5) is 5.82 Å². The zero-order valence-electron chi connectivity index (χ0n) is 9.27. The Bertz CT molecular complexity index is 326.